The molecule has 2 aromatic carbocycles. The molecule has 1 unspecified atom stereocenters. The Bertz CT molecular complexity index is 1070. The topological polar surface area (TPSA) is 38.8 Å². The van der Waals surface area contributed by atoms with E-state index in [0.29, 0.717) is 18.8 Å². The molecule has 0 radical (unpaired) electrons. The molecular weight excluding hydrogens is 549 g/mol. The molecule has 0 N–H and O–H groups in total. The van der Waals surface area contributed by atoms with Crippen molar-refractivity contribution in [2.45, 2.75) is 113 Å². The van der Waals surface area contributed by atoms with Crippen LogP contribution in [0.1, 0.15) is 105 Å². The standard InChI is InChI=1S/C22H29NO3.C7H7F.C6H14.C4H10/c1-5-6-9-15-23-19-10-7-8-11-20(19)26-21(22(23)24)14-16-25-18(4)13-12-17(2)3;1-6-2-4-7(8)5-3-6;1-4-5-6(2)3;1-3-4-2/h7-8,10-13,21H,2,4-6,9,14-16H2,1,3H3;2-5H,1H3;6H,4-5H2,1-3H3;3-4H2,1-2H3/b13-12-;;;. The summed E-state index contributed by atoms with van der Waals surface area (Å²) in [5, 5.41) is 0. The van der Waals surface area contributed by atoms with Crippen LogP contribution in [0.4, 0.5) is 10.1 Å². The number of hydrogen-bond donors (Lipinski definition) is 0. The minimum Gasteiger partial charge on any atom is -0.494 e. The second-order valence-corrected chi connectivity index (χ2v) is 11.5. The highest BCUT2D eigenvalue weighted by Gasteiger charge is 2.33. The molecule has 5 heteroatoms. The quantitative estimate of drug-likeness (QED) is 0.129. The highest BCUT2D eigenvalue weighted by atomic mass is 19.1. The molecule has 4 nitrogen and oxygen atoms in total. The number of rotatable bonds is 13. The molecular formula is C39H60FNO3. The van der Waals surface area contributed by atoms with Gasteiger partial charge in [0.25, 0.3) is 5.91 Å². The maximum absolute atomic E-state index is 12.9. The minimum atomic E-state index is -0.524. The largest absolute Gasteiger partial charge is 0.494 e. The number of fused-ring (bicyclic) bond motifs is 1. The van der Waals surface area contributed by atoms with Crippen LogP contribution in [0.2, 0.25) is 0 Å². The van der Waals surface area contributed by atoms with E-state index in [1.807, 2.05) is 49.1 Å². The van der Waals surface area contributed by atoms with Gasteiger partial charge in [-0.1, -0.05) is 135 Å². The zero-order valence-corrected chi connectivity index (χ0v) is 29.0. The van der Waals surface area contributed by atoms with Crippen molar-refractivity contribution in [1.29, 1.82) is 0 Å². The molecule has 0 saturated heterocycles. The molecule has 246 valence electrons. The summed E-state index contributed by atoms with van der Waals surface area (Å²) in [5.41, 5.74) is 2.88. The van der Waals surface area contributed by atoms with E-state index < -0.39 is 6.10 Å². The molecule has 1 atom stereocenters. The number of allylic oxidation sites excluding steroid dienone is 3. The third-order valence-electron chi connectivity index (χ3n) is 6.55. The van der Waals surface area contributed by atoms with Gasteiger partial charge in [0.1, 0.15) is 17.3 Å². The summed E-state index contributed by atoms with van der Waals surface area (Å²) < 4.78 is 23.6. The van der Waals surface area contributed by atoms with Crippen molar-refractivity contribution in [3.63, 3.8) is 0 Å². The van der Waals surface area contributed by atoms with Crippen molar-refractivity contribution in [1.82, 2.24) is 0 Å². The third-order valence-corrected chi connectivity index (χ3v) is 6.55. The summed E-state index contributed by atoms with van der Waals surface area (Å²) in [4.78, 5) is 14.7. The smallest absolute Gasteiger partial charge is 0.268 e. The van der Waals surface area contributed by atoms with Crippen LogP contribution in [0.5, 0.6) is 5.75 Å². The SMILES string of the molecule is C=C(C)/C=C\C(=C)OCCC1Oc2ccccc2N(CCCCC)C1=O.CCCC.CCCC(C)C.Cc1ccc(F)cc1. The first-order valence-corrected chi connectivity index (χ1v) is 16.4. The van der Waals surface area contributed by atoms with E-state index in [-0.39, 0.29) is 11.7 Å². The Morgan fingerprint density at radius 2 is 1.59 bits per heavy atom. The van der Waals surface area contributed by atoms with Crippen LogP contribution in [0.25, 0.3) is 0 Å². The van der Waals surface area contributed by atoms with Crippen molar-refractivity contribution in [2.75, 3.05) is 18.1 Å². The van der Waals surface area contributed by atoms with Crippen LogP contribution in [0, 0.1) is 18.7 Å². The predicted octanol–water partition coefficient (Wildman–Crippen LogP) is 11.4. The van der Waals surface area contributed by atoms with Crippen LogP contribution in [-0.2, 0) is 9.53 Å². The number of carbonyl (C=O) groups is 1. The number of benzene rings is 2. The number of carbonyl (C=O) groups excluding carboxylic acids is 1. The number of hydrogen-bond acceptors (Lipinski definition) is 3. The Morgan fingerprint density at radius 3 is 2.09 bits per heavy atom. The lowest BCUT2D eigenvalue weighted by Crippen LogP contribution is -2.46. The fraction of sp³-hybridized carbons (Fsp3) is 0.513. The summed E-state index contributed by atoms with van der Waals surface area (Å²) in [5.74, 6) is 2.04. The number of aryl methyl sites for hydroxylation is 1. The van der Waals surface area contributed by atoms with Gasteiger partial charge >= 0.3 is 0 Å². The number of halogens is 1. The molecule has 0 bridgehead atoms. The zero-order valence-electron chi connectivity index (χ0n) is 29.0. The summed E-state index contributed by atoms with van der Waals surface area (Å²) in [6.45, 7) is 25.8. The Hall–Kier alpha value is -3.34. The molecule has 2 aromatic rings. The number of anilines is 1. The lowest BCUT2D eigenvalue weighted by Gasteiger charge is -2.34. The van der Waals surface area contributed by atoms with E-state index in [1.165, 1.54) is 37.8 Å². The first kappa shape index (κ1) is 40.7. The second-order valence-electron chi connectivity index (χ2n) is 11.5. The first-order valence-electron chi connectivity index (χ1n) is 16.4. The average Bonchev–Trinajstić information content (AvgIpc) is 3.00. The van der Waals surface area contributed by atoms with Crippen molar-refractivity contribution < 1.29 is 18.7 Å². The van der Waals surface area contributed by atoms with E-state index >= 15 is 0 Å². The molecule has 0 saturated carbocycles. The number of para-hydroxylation sites is 2. The maximum atomic E-state index is 12.9. The molecule has 1 amide bonds. The van der Waals surface area contributed by atoms with Gasteiger partial charge in [-0.2, -0.15) is 0 Å². The molecule has 1 aliphatic heterocycles. The minimum absolute atomic E-state index is 0.00601. The third kappa shape index (κ3) is 19.0. The number of nitrogens with zero attached hydrogens (tertiary/aromatic N) is 1. The number of amides is 1. The fourth-order valence-corrected chi connectivity index (χ4v) is 3.90. The van der Waals surface area contributed by atoms with Gasteiger partial charge in [0.15, 0.2) is 6.10 Å². The molecule has 1 heterocycles. The Labute approximate surface area is 269 Å². The van der Waals surface area contributed by atoms with Gasteiger partial charge in [-0.05, 0) is 56.5 Å². The van der Waals surface area contributed by atoms with Crippen molar-refractivity contribution in [3.05, 3.63) is 96.6 Å². The molecule has 0 aromatic heterocycles. The monoisotopic (exact) mass is 609 g/mol. The fourth-order valence-electron chi connectivity index (χ4n) is 3.90. The lowest BCUT2D eigenvalue weighted by molar-refractivity contribution is -0.127. The molecule has 1 aliphatic rings. The van der Waals surface area contributed by atoms with Gasteiger partial charge in [0.05, 0.1) is 12.3 Å². The first-order chi connectivity index (χ1) is 21.0. The highest BCUT2D eigenvalue weighted by molar-refractivity contribution is 6.00. The molecule has 0 spiro atoms. The average molecular weight is 610 g/mol. The summed E-state index contributed by atoms with van der Waals surface area (Å²) >= 11 is 0. The van der Waals surface area contributed by atoms with Crippen molar-refractivity contribution >= 4 is 11.6 Å². The zero-order chi connectivity index (χ0) is 33.3. The molecule has 3 rings (SSSR count). The van der Waals surface area contributed by atoms with E-state index in [2.05, 4.69) is 54.7 Å². The van der Waals surface area contributed by atoms with Crippen LogP contribution < -0.4 is 9.64 Å². The van der Waals surface area contributed by atoms with Gasteiger partial charge in [0, 0.05) is 13.0 Å². The van der Waals surface area contributed by atoms with Crippen molar-refractivity contribution in [2.24, 2.45) is 5.92 Å². The lowest BCUT2D eigenvalue weighted by atomic mass is 10.1. The van der Waals surface area contributed by atoms with Gasteiger partial charge in [0.2, 0.25) is 0 Å². The molecule has 44 heavy (non-hydrogen) atoms. The highest BCUT2D eigenvalue weighted by Crippen LogP contribution is 2.34. The predicted molar refractivity (Wildman–Crippen MR) is 188 cm³/mol. The second kappa shape index (κ2) is 25.0. The Kier molecular flexibility index (Phi) is 23.1. The normalized spacial score (nSPS) is 13.4. The molecule has 0 fully saturated rings. The maximum Gasteiger partial charge on any atom is 0.268 e. The number of ether oxygens (including phenoxy) is 2. The van der Waals surface area contributed by atoms with Gasteiger partial charge in [-0.3, -0.25) is 4.79 Å². The van der Waals surface area contributed by atoms with Crippen LogP contribution >= 0.6 is 0 Å². The van der Waals surface area contributed by atoms with Gasteiger partial charge < -0.3 is 14.4 Å². The van der Waals surface area contributed by atoms with E-state index in [0.717, 1.165) is 54.3 Å². The Balaban J connectivity index is 0.000000829. The summed E-state index contributed by atoms with van der Waals surface area (Å²) in [7, 11) is 0. The summed E-state index contributed by atoms with van der Waals surface area (Å²) in [6, 6.07) is 14.1. The van der Waals surface area contributed by atoms with Gasteiger partial charge in [-0.25, -0.2) is 4.39 Å². The van der Waals surface area contributed by atoms with Crippen LogP contribution in [0.3, 0.4) is 0 Å². The number of unbranched alkanes of at least 4 members (excludes halogenated alkanes) is 3. The van der Waals surface area contributed by atoms with E-state index in [1.54, 1.807) is 18.2 Å². The van der Waals surface area contributed by atoms with Crippen molar-refractivity contribution in [3.8, 4) is 5.75 Å². The van der Waals surface area contributed by atoms with Crippen LogP contribution in [-0.4, -0.2) is 25.2 Å². The van der Waals surface area contributed by atoms with Gasteiger partial charge in [-0.15, -0.1) is 0 Å². The summed E-state index contributed by atoms with van der Waals surface area (Å²) in [6.07, 6.45) is 12.1. The van der Waals surface area contributed by atoms with E-state index in [9.17, 15) is 9.18 Å². The molecule has 0 aliphatic carbocycles. The van der Waals surface area contributed by atoms with E-state index in [4.69, 9.17) is 9.47 Å². The van der Waals surface area contributed by atoms with Crippen LogP contribution in [0.15, 0.2) is 85.2 Å². The Morgan fingerprint density at radius 1 is 0.955 bits per heavy atom.